The molecule has 1 aromatic heterocycles. The van der Waals surface area contributed by atoms with Crippen molar-refractivity contribution >= 4 is 37.4 Å². The molecular weight excluding hydrogens is 446 g/mol. The molecule has 3 aromatic rings. The molecule has 28 heavy (non-hydrogen) atoms. The zero-order valence-corrected chi connectivity index (χ0v) is 17.2. The Morgan fingerprint density at radius 2 is 1.68 bits per heavy atom. The summed E-state index contributed by atoms with van der Waals surface area (Å²) in [6, 6.07) is 15.4. The topological polar surface area (TPSA) is 98.1 Å². The summed E-state index contributed by atoms with van der Waals surface area (Å²) in [6.45, 7) is 1.52. The SMILES string of the molecule is Cc1ccc(NC(=O)Cn2nc(S(=O)(=O)c3ccc(Br)cc3)ccc2=O)cc1. The van der Waals surface area contributed by atoms with Crippen molar-refractivity contribution in [1.82, 2.24) is 9.78 Å². The van der Waals surface area contributed by atoms with Gasteiger partial charge in [-0.1, -0.05) is 33.6 Å². The second-order valence-corrected chi connectivity index (χ2v) is 8.85. The third kappa shape index (κ3) is 4.55. The predicted octanol–water partition coefficient (Wildman–Crippen LogP) is 2.79. The van der Waals surface area contributed by atoms with Gasteiger partial charge in [-0.3, -0.25) is 9.59 Å². The van der Waals surface area contributed by atoms with E-state index in [4.69, 9.17) is 0 Å². The van der Waals surface area contributed by atoms with Crippen LogP contribution in [0.25, 0.3) is 0 Å². The van der Waals surface area contributed by atoms with E-state index in [1.54, 1.807) is 24.3 Å². The largest absolute Gasteiger partial charge is 0.324 e. The number of carbonyl (C=O) groups is 1. The molecule has 0 atom stereocenters. The predicted molar refractivity (Wildman–Crippen MR) is 108 cm³/mol. The van der Waals surface area contributed by atoms with Crippen LogP contribution in [0.15, 0.2) is 79.9 Å². The number of rotatable bonds is 5. The number of aromatic nitrogens is 2. The number of amides is 1. The molecule has 0 saturated heterocycles. The number of benzene rings is 2. The summed E-state index contributed by atoms with van der Waals surface area (Å²) in [7, 11) is -3.92. The second kappa shape index (κ2) is 8.07. The highest BCUT2D eigenvalue weighted by molar-refractivity contribution is 9.10. The highest BCUT2D eigenvalue weighted by Crippen LogP contribution is 2.20. The van der Waals surface area contributed by atoms with E-state index in [1.807, 2.05) is 19.1 Å². The van der Waals surface area contributed by atoms with Gasteiger partial charge in [-0.15, -0.1) is 0 Å². The van der Waals surface area contributed by atoms with Crippen molar-refractivity contribution in [3.63, 3.8) is 0 Å². The zero-order chi connectivity index (χ0) is 20.3. The molecule has 0 radical (unpaired) electrons. The Bertz CT molecular complexity index is 1170. The van der Waals surface area contributed by atoms with Crippen molar-refractivity contribution in [2.75, 3.05) is 5.32 Å². The molecule has 0 aliphatic heterocycles. The number of hydrogen-bond donors (Lipinski definition) is 1. The van der Waals surface area contributed by atoms with E-state index in [1.165, 1.54) is 12.1 Å². The Balaban J connectivity index is 1.85. The smallest absolute Gasteiger partial charge is 0.267 e. The average Bonchev–Trinajstić information content (AvgIpc) is 2.65. The summed E-state index contributed by atoms with van der Waals surface area (Å²) < 4.78 is 27.0. The van der Waals surface area contributed by atoms with Crippen molar-refractivity contribution in [2.24, 2.45) is 0 Å². The quantitative estimate of drug-likeness (QED) is 0.629. The Labute approximate surface area is 170 Å². The van der Waals surface area contributed by atoms with Gasteiger partial charge in [0.1, 0.15) is 6.54 Å². The third-order valence-electron chi connectivity index (χ3n) is 3.87. The van der Waals surface area contributed by atoms with E-state index in [0.29, 0.717) is 5.69 Å². The maximum atomic E-state index is 12.7. The van der Waals surface area contributed by atoms with Gasteiger partial charge in [-0.25, -0.2) is 13.1 Å². The van der Waals surface area contributed by atoms with Gasteiger partial charge < -0.3 is 5.32 Å². The number of aryl methyl sites for hydroxylation is 1. The first-order valence-electron chi connectivity index (χ1n) is 8.21. The molecule has 144 valence electrons. The summed E-state index contributed by atoms with van der Waals surface area (Å²) >= 11 is 3.25. The van der Waals surface area contributed by atoms with E-state index in [9.17, 15) is 18.0 Å². The fourth-order valence-electron chi connectivity index (χ4n) is 2.39. The molecule has 0 unspecified atom stereocenters. The first kappa shape index (κ1) is 20.0. The van der Waals surface area contributed by atoms with Crippen LogP contribution in [0.2, 0.25) is 0 Å². The van der Waals surface area contributed by atoms with Gasteiger partial charge in [0.2, 0.25) is 15.7 Å². The van der Waals surface area contributed by atoms with Crippen LogP contribution in [0.3, 0.4) is 0 Å². The molecular formula is C19H16BrN3O4S. The van der Waals surface area contributed by atoms with Crippen LogP contribution in [-0.2, 0) is 21.2 Å². The lowest BCUT2D eigenvalue weighted by molar-refractivity contribution is -0.117. The van der Waals surface area contributed by atoms with Crippen LogP contribution < -0.4 is 10.9 Å². The van der Waals surface area contributed by atoms with Crippen LogP contribution in [-0.4, -0.2) is 24.1 Å². The maximum Gasteiger partial charge on any atom is 0.267 e. The molecule has 0 saturated carbocycles. The maximum absolute atomic E-state index is 12.7. The zero-order valence-electron chi connectivity index (χ0n) is 14.8. The Hall–Kier alpha value is -2.78. The minimum Gasteiger partial charge on any atom is -0.324 e. The van der Waals surface area contributed by atoms with Crippen molar-refractivity contribution in [3.8, 4) is 0 Å². The van der Waals surface area contributed by atoms with E-state index in [-0.39, 0.29) is 9.92 Å². The minimum absolute atomic E-state index is 0.0394. The molecule has 1 heterocycles. The number of anilines is 1. The lowest BCUT2D eigenvalue weighted by Crippen LogP contribution is -2.30. The highest BCUT2D eigenvalue weighted by Gasteiger charge is 2.21. The fourth-order valence-corrected chi connectivity index (χ4v) is 3.85. The van der Waals surface area contributed by atoms with Crippen LogP contribution in [0.5, 0.6) is 0 Å². The summed E-state index contributed by atoms with van der Waals surface area (Å²) in [5.74, 6) is -0.489. The Morgan fingerprint density at radius 1 is 1.04 bits per heavy atom. The number of carbonyl (C=O) groups excluding carboxylic acids is 1. The standard InChI is InChI=1S/C19H16BrN3O4S/c1-13-2-6-15(7-3-13)21-17(24)12-23-19(25)11-10-18(22-23)28(26,27)16-8-4-14(20)5-9-16/h2-11H,12H2,1H3,(H,21,24). The normalized spacial score (nSPS) is 11.2. The minimum atomic E-state index is -3.92. The first-order valence-corrected chi connectivity index (χ1v) is 10.5. The summed E-state index contributed by atoms with van der Waals surface area (Å²) in [5, 5.41) is 6.22. The van der Waals surface area contributed by atoms with Gasteiger partial charge in [-0.05, 0) is 49.4 Å². The van der Waals surface area contributed by atoms with Crippen LogP contribution in [0, 0.1) is 6.92 Å². The first-order chi connectivity index (χ1) is 13.3. The lowest BCUT2D eigenvalue weighted by atomic mass is 10.2. The number of sulfone groups is 1. The van der Waals surface area contributed by atoms with Gasteiger partial charge in [-0.2, -0.15) is 5.10 Å². The molecule has 9 heteroatoms. The molecule has 1 amide bonds. The molecule has 2 aromatic carbocycles. The van der Waals surface area contributed by atoms with Gasteiger partial charge in [0.15, 0.2) is 5.03 Å². The molecule has 0 aliphatic rings. The van der Waals surface area contributed by atoms with E-state index < -0.39 is 27.8 Å². The molecule has 0 aliphatic carbocycles. The Morgan fingerprint density at radius 3 is 2.32 bits per heavy atom. The number of nitrogens with zero attached hydrogens (tertiary/aromatic N) is 2. The second-order valence-electron chi connectivity index (χ2n) is 6.04. The van der Waals surface area contributed by atoms with Crippen molar-refractivity contribution in [2.45, 2.75) is 23.4 Å². The van der Waals surface area contributed by atoms with E-state index in [0.717, 1.165) is 26.9 Å². The van der Waals surface area contributed by atoms with Gasteiger partial charge in [0.05, 0.1) is 4.90 Å². The van der Waals surface area contributed by atoms with E-state index >= 15 is 0 Å². The average molecular weight is 462 g/mol. The molecule has 7 nitrogen and oxygen atoms in total. The number of halogens is 1. The number of nitrogens with one attached hydrogen (secondary N) is 1. The van der Waals surface area contributed by atoms with Crippen LogP contribution in [0.4, 0.5) is 5.69 Å². The lowest BCUT2D eigenvalue weighted by Gasteiger charge is -2.09. The molecule has 0 fully saturated rings. The summed E-state index contributed by atoms with van der Waals surface area (Å²) in [6.07, 6.45) is 0. The Kier molecular flexibility index (Phi) is 5.76. The molecule has 0 spiro atoms. The molecule has 3 rings (SSSR count). The van der Waals surface area contributed by atoms with Crippen molar-refractivity contribution < 1.29 is 13.2 Å². The van der Waals surface area contributed by atoms with Gasteiger partial charge >= 0.3 is 0 Å². The van der Waals surface area contributed by atoms with Gasteiger partial charge in [0.25, 0.3) is 5.56 Å². The molecule has 0 bridgehead atoms. The van der Waals surface area contributed by atoms with Crippen molar-refractivity contribution in [1.29, 1.82) is 0 Å². The van der Waals surface area contributed by atoms with Crippen molar-refractivity contribution in [3.05, 3.63) is 81.1 Å². The van der Waals surface area contributed by atoms with E-state index in [2.05, 4.69) is 26.3 Å². The highest BCUT2D eigenvalue weighted by atomic mass is 79.9. The van der Waals surface area contributed by atoms with Crippen LogP contribution in [0.1, 0.15) is 5.56 Å². The van der Waals surface area contributed by atoms with Gasteiger partial charge in [0, 0.05) is 16.2 Å². The summed E-state index contributed by atoms with van der Waals surface area (Å²) in [4.78, 5) is 24.3. The molecule has 1 N–H and O–H groups in total. The fraction of sp³-hybridized carbons (Fsp3) is 0.105. The van der Waals surface area contributed by atoms with Crippen LogP contribution >= 0.6 is 15.9 Å². The third-order valence-corrected chi connectivity index (χ3v) is 6.06. The summed E-state index contributed by atoms with van der Waals surface area (Å²) in [5.41, 5.74) is 1.04. The monoisotopic (exact) mass is 461 g/mol. The number of hydrogen-bond acceptors (Lipinski definition) is 5.